The van der Waals surface area contributed by atoms with Gasteiger partial charge < -0.3 is 21.9 Å². The number of anilines is 1. The number of carbonyl (C=O) groups is 2. The van der Waals surface area contributed by atoms with Gasteiger partial charge in [0.05, 0.1) is 5.56 Å². The van der Waals surface area contributed by atoms with E-state index in [1.165, 1.54) is 18.2 Å². The molecule has 6 heteroatoms. The molecule has 0 aliphatic heterocycles. The van der Waals surface area contributed by atoms with Crippen molar-refractivity contribution in [3.8, 4) is 5.75 Å². The molecule has 18 heavy (non-hydrogen) atoms. The van der Waals surface area contributed by atoms with E-state index in [1.54, 1.807) is 0 Å². The Kier molecular flexibility index (Phi) is 4.98. The second kappa shape index (κ2) is 6.48. The molecule has 1 aromatic rings. The van der Waals surface area contributed by atoms with E-state index in [0.29, 0.717) is 31.5 Å². The Balaban J connectivity index is 2.41. The zero-order valence-corrected chi connectivity index (χ0v) is 9.98. The van der Waals surface area contributed by atoms with Crippen LogP contribution in [0.25, 0.3) is 0 Å². The monoisotopic (exact) mass is 251 g/mol. The van der Waals surface area contributed by atoms with Gasteiger partial charge in [-0.3, -0.25) is 9.59 Å². The van der Waals surface area contributed by atoms with Crippen LogP contribution in [0.15, 0.2) is 18.2 Å². The molecular weight excluding hydrogens is 234 g/mol. The van der Waals surface area contributed by atoms with Gasteiger partial charge >= 0.3 is 0 Å². The van der Waals surface area contributed by atoms with Gasteiger partial charge in [-0.15, -0.1) is 0 Å². The van der Waals surface area contributed by atoms with E-state index in [2.05, 4.69) is 5.32 Å². The summed E-state index contributed by atoms with van der Waals surface area (Å²) in [4.78, 5) is 22.2. The number of rotatable bonds is 6. The zero-order chi connectivity index (χ0) is 13.5. The molecule has 0 radical (unpaired) electrons. The van der Waals surface area contributed by atoms with Crippen LogP contribution in [0.1, 0.15) is 29.6 Å². The Morgan fingerprint density at radius 1 is 1.28 bits per heavy atom. The molecule has 0 fully saturated rings. The maximum absolute atomic E-state index is 11.7. The van der Waals surface area contributed by atoms with Gasteiger partial charge in [0, 0.05) is 18.7 Å². The van der Waals surface area contributed by atoms with E-state index in [1.807, 2.05) is 0 Å². The van der Waals surface area contributed by atoms with Crippen LogP contribution in [0.5, 0.6) is 5.75 Å². The molecule has 0 bridgehead atoms. The summed E-state index contributed by atoms with van der Waals surface area (Å²) < 4.78 is 0. The molecule has 0 aromatic heterocycles. The normalized spacial score (nSPS) is 10.0. The number of nitrogens with two attached hydrogens (primary N) is 2. The molecule has 0 saturated heterocycles. The van der Waals surface area contributed by atoms with Gasteiger partial charge in [-0.1, -0.05) is 0 Å². The Labute approximate surface area is 105 Å². The lowest BCUT2D eigenvalue weighted by molar-refractivity contribution is -0.118. The molecule has 0 heterocycles. The molecule has 0 atom stereocenters. The van der Waals surface area contributed by atoms with Gasteiger partial charge in [-0.2, -0.15) is 0 Å². The summed E-state index contributed by atoms with van der Waals surface area (Å²) in [6, 6.07) is 4.20. The van der Waals surface area contributed by atoms with E-state index in [-0.39, 0.29) is 23.1 Å². The molecule has 0 aliphatic carbocycles. The minimum absolute atomic E-state index is 0.0110. The fourth-order valence-electron chi connectivity index (χ4n) is 1.46. The average Bonchev–Trinajstić information content (AvgIpc) is 2.31. The largest absolute Gasteiger partial charge is 0.508 e. The third kappa shape index (κ3) is 4.32. The third-order valence-corrected chi connectivity index (χ3v) is 2.42. The fourth-order valence-corrected chi connectivity index (χ4v) is 1.46. The lowest BCUT2D eigenvalue weighted by Crippen LogP contribution is -2.25. The van der Waals surface area contributed by atoms with Crippen LogP contribution in [-0.2, 0) is 4.79 Å². The molecular formula is C12H17N3O3. The first-order valence-electron chi connectivity index (χ1n) is 5.65. The number of hydrogen-bond donors (Lipinski definition) is 4. The van der Waals surface area contributed by atoms with Crippen molar-refractivity contribution in [1.82, 2.24) is 5.32 Å². The van der Waals surface area contributed by atoms with E-state index >= 15 is 0 Å². The van der Waals surface area contributed by atoms with E-state index < -0.39 is 0 Å². The van der Waals surface area contributed by atoms with Crippen LogP contribution in [0.4, 0.5) is 5.69 Å². The van der Waals surface area contributed by atoms with Crippen molar-refractivity contribution >= 4 is 17.5 Å². The van der Waals surface area contributed by atoms with Gasteiger partial charge in [0.25, 0.3) is 5.91 Å². The number of unbranched alkanes of at least 4 members (excludes halogenated alkanes) is 1. The lowest BCUT2D eigenvalue weighted by atomic mass is 10.1. The topological polar surface area (TPSA) is 118 Å². The summed E-state index contributed by atoms with van der Waals surface area (Å²) in [5.41, 5.74) is 11.2. The summed E-state index contributed by atoms with van der Waals surface area (Å²) >= 11 is 0. The highest BCUT2D eigenvalue weighted by Crippen LogP contribution is 2.18. The highest BCUT2D eigenvalue weighted by atomic mass is 16.3. The maximum atomic E-state index is 11.7. The number of hydrogen-bond acceptors (Lipinski definition) is 4. The number of benzene rings is 1. The second-order valence-corrected chi connectivity index (χ2v) is 3.95. The summed E-state index contributed by atoms with van der Waals surface area (Å²) in [6.07, 6.45) is 1.60. The van der Waals surface area contributed by atoms with Crippen molar-refractivity contribution in [3.63, 3.8) is 0 Å². The van der Waals surface area contributed by atoms with Gasteiger partial charge in [0.2, 0.25) is 5.91 Å². The Morgan fingerprint density at radius 2 is 2.00 bits per heavy atom. The van der Waals surface area contributed by atoms with Crippen molar-refractivity contribution in [1.29, 1.82) is 0 Å². The quantitative estimate of drug-likeness (QED) is 0.331. The second-order valence-electron chi connectivity index (χ2n) is 3.95. The third-order valence-electron chi connectivity index (χ3n) is 2.42. The first-order chi connectivity index (χ1) is 8.50. The van der Waals surface area contributed by atoms with E-state index in [9.17, 15) is 14.7 Å². The van der Waals surface area contributed by atoms with Crippen molar-refractivity contribution in [2.45, 2.75) is 19.3 Å². The zero-order valence-electron chi connectivity index (χ0n) is 9.98. The fraction of sp³-hybridized carbons (Fsp3) is 0.333. The highest BCUT2D eigenvalue weighted by molar-refractivity contribution is 5.99. The molecule has 1 rings (SSSR count). The smallest absolute Gasteiger partial charge is 0.253 e. The highest BCUT2D eigenvalue weighted by Gasteiger charge is 2.09. The van der Waals surface area contributed by atoms with Gasteiger partial charge in [0.1, 0.15) is 5.75 Å². The number of primary amides is 1. The molecule has 0 unspecified atom stereocenters. The number of nitrogens with one attached hydrogen (secondary N) is 1. The lowest BCUT2D eigenvalue weighted by Gasteiger charge is -2.07. The van der Waals surface area contributed by atoms with E-state index in [4.69, 9.17) is 11.5 Å². The van der Waals surface area contributed by atoms with E-state index in [0.717, 1.165) is 0 Å². The maximum Gasteiger partial charge on any atom is 0.253 e. The number of carbonyl (C=O) groups excluding carboxylic acids is 2. The number of nitrogen functional groups attached to an aromatic ring is 1. The summed E-state index contributed by atoms with van der Waals surface area (Å²) in [6.45, 7) is 0.432. The summed E-state index contributed by atoms with van der Waals surface area (Å²) in [5.74, 6) is -0.705. The Morgan fingerprint density at radius 3 is 2.67 bits per heavy atom. The predicted molar refractivity (Wildman–Crippen MR) is 67.9 cm³/mol. The number of amides is 2. The molecule has 0 saturated carbocycles. The average molecular weight is 251 g/mol. The molecule has 0 aliphatic rings. The van der Waals surface area contributed by atoms with Crippen molar-refractivity contribution in [3.05, 3.63) is 23.8 Å². The minimum atomic E-state index is -0.349. The van der Waals surface area contributed by atoms with Crippen molar-refractivity contribution < 1.29 is 14.7 Å². The number of phenols is 1. The standard InChI is InChI=1S/C12H17N3O3/c13-10-5-4-8(16)7-9(10)12(18)15-6-2-1-3-11(14)17/h4-5,7,16H,1-3,6,13H2,(H2,14,17)(H,15,18). The minimum Gasteiger partial charge on any atom is -0.508 e. The van der Waals surface area contributed by atoms with Gasteiger partial charge in [-0.25, -0.2) is 0 Å². The van der Waals surface area contributed by atoms with Gasteiger partial charge in [0.15, 0.2) is 0 Å². The van der Waals surface area contributed by atoms with Crippen molar-refractivity contribution in [2.75, 3.05) is 12.3 Å². The first kappa shape index (κ1) is 13.8. The molecule has 1 aromatic carbocycles. The van der Waals surface area contributed by atoms with Crippen LogP contribution >= 0.6 is 0 Å². The van der Waals surface area contributed by atoms with Crippen molar-refractivity contribution in [2.24, 2.45) is 5.73 Å². The number of phenolic OH excluding ortho intramolecular Hbond substituents is 1. The molecule has 2 amide bonds. The van der Waals surface area contributed by atoms with Crippen LogP contribution in [0.3, 0.4) is 0 Å². The van der Waals surface area contributed by atoms with Crippen LogP contribution in [0.2, 0.25) is 0 Å². The number of aromatic hydroxyl groups is 1. The van der Waals surface area contributed by atoms with Crippen LogP contribution in [0, 0.1) is 0 Å². The van der Waals surface area contributed by atoms with Gasteiger partial charge in [-0.05, 0) is 31.0 Å². The summed E-state index contributed by atoms with van der Waals surface area (Å²) in [7, 11) is 0. The predicted octanol–water partition coefficient (Wildman–Crippen LogP) is 0.360. The molecule has 98 valence electrons. The Hall–Kier alpha value is -2.24. The molecule has 0 spiro atoms. The molecule has 6 nitrogen and oxygen atoms in total. The SMILES string of the molecule is NC(=O)CCCCNC(=O)c1cc(O)ccc1N. The Bertz CT molecular complexity index is 446. The van der Waals surface area contributed by atoms with Crippen LogP contribution in [-0.4, -0.2) is 23.5 Å². The first-order valence-corrected chi connectivity index (χ1v) is 5.65. The van der Waals surface area contributed by atoms with Crippen LogP contribution < -0.4 is 16.8 Å². The molecule has 6 N–H and O–H groups in total. The summed E-state index contributed by atoms with van der Waals surface area (Å²) in [5, 5.41) is 11.9.